The quantitative estimate of drug-likeness (QED) is 0.840. The molecule has 1 heterocycles. The van der Waals surface area contributed by atoms with E-state index in [2.05, 4.69) is 18.7 Å². The molecule has 2 rings (SSSR count). The number of nitrogens with two attached hydrogens (primary N) is 1. The van der Waals surface area contributed by atoms with Crippen LogP contribution in [0.1, 0.15) is 52.4 Å². The Labute approximate surface area is 112 Å². The standard InChI is InChI=1S/C15H30N2O/c1-13-5-8-15(11-16,9-6-13)17-10-4-7-14(2,12-17)18-3/h13H,4-12,16H2,1-3H3. The highest BCUT2D eigenvalue weighted by molar-refractivity contribution is 4.99. The molecule has 1 saturated carbocycles. The fraction of sp³-hybridized carbons (Fsp3) is 1.00. The van der Waals surface area contributed by atoms with Gasteiger partial charge in [0.15, 0.2) is 0 Å². The van der Waals surface area contributed by atoms with Gasteiger partial charge >= 0.3 is 0 Å². The van der Waals surface area contributed by atoms with Crippen molar-refractivity contribution >= 4 is 0 Å². The SMILES string of the molecule is COC1(C)CCCN(C2(CN)CCC(C)CC2)C1. The summed E-state index contributed by atoms with van der Waals surface area (Å²) >= 11 is 0. The van der Waals surface area contributed by atoms with Crippen molar-refractivity contribution in [2.24, 2.45) is 11.7 Å². The summed E-state index contributed by atoms with van der Waals surface area (Å²) in [6.07, 6.45) is 7.61. The third-order valence-electron chi connectivity index (χ3n) is 5.41. The van der Waals surface area contributed by atoms with Crippen LogP contribution < -0.4 is 5.73 Å². The Morgan fingerprint density at radius 3 is 2.50 bits per heavy atom. The molecule has 0 spiro atoms. The molecule has 0 bridgehead atoms. The average Bonchev–Trinajstić information content (AvgIpc) is 2.40. The number of hydrogen-bond acceptors (Lipinski definition) is 3. The van der Waals surface area contributed by atoms with Gasteiger partial charge in [-0.3, -0.25) is 4.90 Å². The summed E-state index contributed by atoms with van der Waals surface area (Å²) in [6, 6.07) is 0. The minimum Gasteiger partial charge on any atom is -0.377 e. The number of ether oxygens (including phenoxy) is 1. The van der Waals surface area contributed by atoms with Gasteiger partial charge in [0, 0.05) is 25.7 Å². The zero-order valence-corrected chi connectivity index (χ0v) is 12.4. The fourth-order valence-electron chi connectivity index (χ4n) is 3.73. The van der Waals surface area contributed by atoms with Crippen molar-refractivity contribution in [3.05, 3.63) is 0 Å². The number of likely N-dealkylation sites (tertiary alicyclic amines) is 1. The summed E-state index contributed by atoms with van der Waals surface area (Å²) in [4.78, 5) is 2.64. The van der Waals surface area contributed by atoms with E-state index in [4.69, 9.17) is 10.5 Å². The van der Waals surface area contributed by atoms with E-state index in [0.29, 0.717) is 0 Å². The third kappa shape index (κ3) is 2.73. The number of hydrogen-bond donors (Lipinski definition) is 1. The van der Waals surface area contributed by atoms with Crippen molar-refractivity contribution in [1.29, 1.82) is 0 Å². The van der Waals surface area contributed by atoms with Gasteiger partial charge in [-0.1, -0.05) is 6.92 Å². The predicted octanol–water partition coefficient (Wildman–Crippen LogP) is 2.39. The van der Waals surface area contributed by atoms with Crippen LogP contribution in [0.25, 0.3) is 0 Å². The van der Waals surface area contributed by atoms with Crippen molar-refractivity contribution in [2.45, 2.75) is 63.5 Å². The number of methoxy groups -OCH3 is 1. The van der Waals surface area contributed by atoms with E-state index in [-0.39, 0.29) is 11.1 Å². The van der Waals surface area contributed by atoms with Crippen LogP contribution in [0.2, 0.25) is 0 Å². The molecule has 0 amide bonds. The summed E-state index contributed by atoms with van der Waals surface area (Å²) in [5, 5.41) is 0. The summed E-state index contributed by atoms with van der Waals surface area (Å²) < 4.78 is 5.73. The van der Waals surface area contributed by atoms with Crippen LogP contribution in [0.4, 0.5) is 0 Å². The van der Waals surface area contributed by atoms with E-state index in [9.17, 15) is 0 Å². The van der Waals surface area contributed by atoms with E-state index in [1.807, 2.05) is 7.11 Å². The van der Waals surface area contributed by atoms with Gasteiger partial charge in [0.25, 0.3) is 0 Å². The molecule has 0 aromatic heterocycles. The summed E-state index contributed by atoms with van der Waals surface area (Å²) in [7, 11) is 1.85. The van der Waals surface area contributed by atoms with Gasteiger partial charge in [-0.05, 0) is 57.9 Å². The highest BCUT2D eigenvalue weighted by Crippen LogP contribution is 2.39. The lowest BCUT2D eigenvalue weighted by molar-refractivity contribution is -0.0890. The lowest BCUT2D eigenvalue weighted by atomic mass is 9.74. The normalized spacial score (nSPS) is 43.0. The molecule has 2 aliphatic rings. The second kappa shape index (κ2) is 5.48. The third-order valence-corrected chi connectivity index (χ3v) is 5.41. The smallest absolute Gasteiger partial charge is 0.0777 e. The second-order valence-corrected chi connectivity index (χ2v) is 6.79. The van der Waals surface area contributed by atoms with E-state index < -0.39 is 0 Å². The van der Waals surface area contributed by atoms with Gasteiger partial charge < -0.3 is 10.5 Å². The summed E-state index contributed by atoms with van der Waals surface area (Å²) in [5.41, 5.74) is 6.45. The molecule has 3 heteroatoms. The van der Waals surface area contributed by atoms with Crippen molar-refractivity contribution in [3.63, 3.8) is 0 Å². The maximum Gasteiger partial charge on any atom is 0.0777 e. The van der Waals surface area contributed by atoms with E-state index in [1.165, 1.54) is 45.1 Å². The Bertz CT molecular complexity index is 274. The lowest BCUT2D eigenvalue weighted by Gasteiger charge is -2.52. The molecule has 106 valence electrons. The van der Waals surface area contributed by atoms with Crippen LogP contribution in [0, 0.1) is 5.92 Å². The van der Waals surface area contributed by atoms with E-state index >= 15 is 0 Å². The van der Waals surface area contributed by atoms with Gasteiger partial charge in [0.05, 0.1) is 5.60 Å². The molecular formula is C15H30N2O. The predicted molar refractivity (Wildman–Crippen MR) is 75.6 cm³/mol. The zero-order valence-electron chi connectivity index (χ0n) is 12.4. The first-order valence-electron chi connectivity index (χ1n) is 7.54. The Morgan fingerprint density at radius 2 is 1.94 bits per heavy atom. The Morgan fingerprint density at radius 1 is 1.28 bits per heavy atom. The Hall–Kier alpha value is -0.120. The van der Waals surface area contributed by atoms with Crippen molar-refractivity contribution in [3.8, 4) is 0 Å². The van der Waals surface area contributed by atoms with Crippen LogP contribution >= 0.6 is 0 Å². The minimum absolute atomic E-state index is 0.0312. The van der Waals surface area contributed by atoms with Gasteiger partial charge in [-0.2, -0.15) is 0 Å². The molecule has 3 nitrogen and oxygen atoms in total. The largest absolute Gasteiger partial charge is 0.377 e. The fourth-order valence-corrected chi connectivity index (χ4v) is 3.73. The molecular weight excluding hydrogens is 224 g/mol. The van der Waals surface area contributed by atoms with E-state index in [0.717, 1.165) is 19.0 Å². The summed E-state index contributed by atoms with van der Waals surface area (Å²) in [6.45, 7) is 7.67. The highest BCUT2D eigenvalue weighted by Gasteiger charge is 2.43. The van der Waals surface area contributed by atoms with Crippen molar-refractivity contribution in [1.82, 2.24) is 4.90 Å². The molecule has 2 N–H and O–H groups in total. The number of piperidine rings is 1. The maximum absolute atomic E-state index is 6.16. The van der Waals surface area contributed by atoms with Crippen LogP contribution in [-0.2, 0) is 4.74 Å². The molecule has 1 unspecified atom stereocenters. The molecule has 2 fully saturated rings. The van der Waals surface area contributed by atoms with E-state index in [1.54, 1.807) is 0 Å². The molecule has 1 atom stereocenters. The van der Waals surface area contributed by atoms with Crippen LogP contribution in [0.3, 0.4) is 0 Å². The van der Waals surface area contributed by atoms with Crippen LogP contribution in [0.5, 0.6) is 0 Å². The second-order valence-electron chi connectivity index (χ2n) is 6.79. The van der Waals surface area contributed by atoms with Crippen molar-refractivity contribution < 1.29 is 4.74 Å². The molecule has 18 heavy (non-hydrogen) atoms. The first kappa shape index (κ1) is 14.3. The number of nitrogens with zero attached hydrogens (tertiary/aromatic N) is 1. The highest BCUT2D eigenvalue weighted by atomic mass is 16.5. The summed E-state index contributed by atoms with van der Waals surface area (Å²) in [5.74, 6) is 0.878. The molecule has 1 aliphatic carbocycles. The molecule has 0 radical (unpaired) electrons. The monoisotopic (exact) mass is 254 g/mol. The number of rotatable bonds is 3. The van der Waals surface area contributed by atoms with Gasteiger partial charge in [-0.15, -0.1) is 0 Å². The topological polar surface area (TPSA) is 38.5 Å². The first-order valence-corrected chi connectivity index (χ1v) is 7.54. The van der Waals surface area contributed by atoms with Gasteiger partial charge in [-0.25, -0.2) is 0 Å². The zero-order chi connectivity index (χ0) is 13.2. The van der Waals surface area contributed by atoms with Gasteiger partial charge in [0.1, 0.15) is 0 Å². The molecule has 0 aromatic rings. The first-order chi connectivity index (χ1) is 8.53. The molecule has 1 aliphatic heterocycles. The Kier molecular flexibility index (Phi) is 4.35. The Balaban J connectivity index is 2.08. The maximum atomic E-state index is 6.16. The lowest BCUT2D eigenvalue weighted by Crippen LogP contribution is -2.61. The minimum atomic E-state index is 0.0312. The van der Waals surface area contributed by atoms with Crippen molar-refractivity contribution in [2.75, 3.05) is 26.7 Å². The molecule has 1 saturated heterocycles. The van der Waals surface area contributed by atoms with Gasteiger partial charge in [0.2, 0.25) is 0 Å². The van der Waals surface area contributed by atoms with Crippen LogP contribution in [-0.4, -0.2) is 42.8 Å². The average molecular weight is 254 g/mol. The molecule has 0 aromatic carbocycles. The van der Waals surface area contributed by atoms with Crippen LogP contribution in [0.15, 0.2) is 0 Å².